The van der Waals surface area contributed by atoms with Crippen molar-refractivity contribution in [3.05, 3.63) is 29.8 Å². The van der Waals surface area contributed by atoms with Crippen LogP contribution in [-0.4, -0.2) is 42.4 Å². The molecule has 0 aliphatic heterocycles. The van der Waals surface area contributed by atoms with Crippen LogP contribution >= 0.6 is 0 Å². The lowest BCUT2D eigenvalue weighted by Crippen LogP contribution is -2.38. The van der Waals surface area contributed by atoms with Gasteiger partial charge in [-0.2, -0.15) is 0 Å². The van der Waals surface area contributed by atoms with Crippen LogP contribution < -0.4 is 10.6 Å². The summed E-state index contributed by atoms with van der Waals surface area (Å²) >= 11 is 0. The molecule has 0 saturated heterocycles. The van der Waals surface area contributed by atoms with E-state index in [-0.39, 0.29) is 11.8 Å². The third-order valence-corrected chi connectivity index (χ3v) is 5.37. The number of carbonyl (C=O) groups is 2. The van der Waals surface area contributed by atoms with E-state index in [2.05, 4.69) is 15.5 Å². The number of anilines is 1. The molecule has 5 heteroatoms. The molecule has 5 nitrogen and oxygen atoms in total. The minimum Gasteiger partial charge on any atom is -0.352 e. The molecule has 2 aliphatic carbocycles. The topological polar surface area (TPSA) is 61.4 Å². The van der Waals surface area contributed by atoms with Gasteiger partial charge in [-0.05, 0) is 56.7 Å². The van der Waals surface area contributed by atoms with Crippen LogP contribution in [0.2, 0.25) is 0 Å². The fourth-order valence-electron chi connectivity index (χ4n) is 3.87. The van der Waals surface area contributed by atoms with Gasteiger partial charge in [-0.1, -0.05) is 25.3 Å². The minimum absolute atomic E-state index is 0.0146. The smallest absolute Gasteiger partial charge is 0.251 e. The number of benzene rings is 1. The zero-order valence-electron chi connectivity index (χ0n) is 15.8. The highest BCUT2D eigenvalue weighted by atomic mass is 16.2. The van der Waals surface area contributed by atoms with E-state index in [0.29, 0.717) is 30.4 Å². The van der Waals surface area contributed by atoms with E-state index in [1.807, 2.05) is 13.0 Å². The van der Waals surface area contributed by atoms with Crippen molar-refractivity contribution in [1.29, 1.82) is 0 Å². The molecular weight excluding hydrogens is 326 g/mol. The lowest BCUT2D eigenvalue weighted by atomic mass is 9.89. The highest BCUT2D eigenvalue weighted by Crippen LogP contribution is 2.31. The third kappa shape index (κ3) is 5.56. The molecule has 0 bridgehead atoms. The summed E-state index contributed by atoms with van der Waals surface area (Å²) in [4.78, 5) is 26.9. The maximum absolute atomic E-state index is 12.6. The molecule has 3 rings (SSSR count). The Morgan fingerprint density at radius 3 is 2.58 bits per heavy atom. The molecule has 2 fully saturated rings. The quantitative estimate of drug-likeness (QED) is 0.749. The molecule has 2 N–H and O–H groups in total. The average molecular weight is 357 g/mol. The Balaban J connectivity index is 1.54. The van der Waals surface area contributed by atoms with Crippen LogP contribution in [0.5, 0.6) is 0 Å². The van der Waals surface area contributed by atoms with Gasteiger partial charge >= 0.3 is 0 Å². The SMILES string of the molecule is CCNC(=O)c1cccc(NC(=O)CN(CC2CCCCC2)C2CC2)c1. The third-order valence-electron chi connectivity index (χ3n) is 5.37. The summed E-state index contributed by atoms with van der Waals surface area (Å²) in [6, 6.07) is 7.74. The lowest BCUT2D eigenvalue weighted by Gasteiger charge is -2.29. The second-order valence-corrected chi connectivity index (χ2v) is 7.65. The summed E-state index contributed by atoms with van der Waals surface area (Å²) < 4.78 is 0. The second-order valence-electron chi connectivity index (χ2n) is 7.65. The van der Waals surface area contributed by atoms with Gasteiger partial charge in [0.2, 0.25) is 5.91 Å². The highest BCUT2D eigenvalue weighted by Gasteiger charge is 2.32. The van der Waals surface area contributed by atoms with Crippen molar-refractivity contribution in [2.24, 2.45) is 5.92 Å². The van der Waals surface area contributed by atoms with Crippen LogP contribution in [0, 0.1) is 5.92 Å². The van der Waals surface area contributed by atoms with Gasteiger partial charge < -0.3 is 10.6 Å². The Morgan fingerprint density at radius 2 is 1.88 bits per heavy atom. The Hall–Kier alpha value is -1.88. The largest absolute Gasteiger partial charge is 0.352 e. The first-order valence-corrected chi connectivity index (χ1v) is 10.1. The number of nitrogens with zero attached hydrogens (tertiary/aromatic N) is 1. The molecule has 2 aliphatic rings. The molecule has 0 unspecified atom stereocenters. The van der Waals surface area contributed by atoms with E-state index in [0.717, 1.165) is 12.5 Å². The first-order chi connectivity index (χ1) is 12.7. The van der Waals surface area contributed by atoms with Gasteiger partial charge in [0.25, 0.3) is 5.91 Å². The molecule has 0 heterocycles. The molecule has 0 spiro atoms. The van der Waals surface area contributed by atoms with Crippen LogP contribution in [0.25, 0.3) is 0 Å². The van der Waals surface area contributed by atoms with Gasteiger partial charge in [0.15, 0.2) is 0 Å². The standard InChI is InChI=1S/C21H31N3O2/c1-2-22-21(26)17-9-6-10-18(13-17)23-20(25)15-24(19-11-12-19)14-16-7-4-3-5-8-16/h6,9-10,13,16,19H,2-5,7-8,11-12,14-15H2,1H3,(H,22,26)(H,23,25). The zero-order chi connectivity index (χ0) is 18.4. The molecule has 0 atom stereocenters. The molecule has 0 aromatic heterocycles. The number of rotatable bonds is 8. The summed E-state index contributed by atoms with van der Waals surface area (Å²) in [6.07, 6.45) is 9.07. The maximum Gasteiger partial charge on any atom is 0.251 e. The van der Waals surface area contributed by atoms with Crippen molar-refractivity contribution >= 4 is 17.5 Å². The first-order valence-electron chi connectivity index (χ1n) is 10.1. The average Bonchev–Trinajstić information content (AvgIpc) is 3.47. The van der Waals surface area contributed by atoms with E-state index in [1.165, 1.54) is 44.9 Å². The normalized spacial score (nSPS) is 17.9. The number of carbonyl (C=O) groups excluding carboxylic acids is 2. The predicted molar refractivity (Wildman–Crippen MR) is 104 cm³/mol. The Bertz CT molecular complexity index is 621. The van der Waals surface area contributed by atoms with Crippen LogP contribution in [0.3, 0.4) is 0 Å². The summed E-state index contributed by atoms with van der Waals surface area (Å²) in [6.45, 7) is 3.98. The van der Waals surface area contributed by atoms with Crippen molar-refractivity contribution < 1.29 is 9.59 Å². The van der Waals surface area contributed by atoms with Gasteiger partial charge in [-0.15, -0.1) is 0 Å². The Labute approximate surface area is 156 Å². The van der Waals surface area contributed by atoms with Crippen molar-refractivity contribution in [1.82, 2.24) is 10.2 Å². The highest BCUT2D eigenvalue weighted by molar-refractivity contribution is 5.97. The molecule has 2 amide bonds. The molecule has 2 saturated carbocycles. The predicted octanol–water partition coefficient (Wildman–Crippen LogP) is 3.42. The van der Waals surface area contributed by atoms with Crippen molar-refractivity contribution in [3.63, 3.8) is 0 Å². The van der Waals surface area contributed by atoms with Gasteiger partial charge in [-0.25, -0.2) is 0 Å². The van der Waals surface area contributed by atoms with Gasteiger partial charge in [0.1, 0.15) is 0 Å². The van der Waals surface area contributed by atoms with E-state index >= 15 is 0 Å². The zero-order valence-corrected chi connectivity index (χ0v) is 15.8. The summed E-state index contributed by atoms with van der Waals surface area (Å²) in [5, 5.41) is 5.75. The maximum atomic E-state index is 12.6. The van der Waals surface area contributed by atoms with Crippen LogP contribution in [0.1, 0.15) is 62.2 Å². The molecular formula is C21H31N3O2. The van der Waals surface area contributed by atoms with Crippen LogP contribution in [-0.2, 0) is 4.79 Å². The number of amides is 2. The fourth-order valence-corrected chi connectivity index (χ4v) is 3.87. The molecule has 142 valence electrons. The number of hydrogen-bond donors (Lipinski definition) is 2. The summed E-state index contributed by atoms with van der Waals surface area (Å²) in [5.74, 6) is 0.652. The van der Waals surface area contributed by atoms with Crippen molar-refractivity contribution in [2.45, 2.75) is 57.9 Å². The fraction of sp³-hybridized carbons (Fsp3) is 0.619. The van der Waals surface area contributed by atoms with E-state index < -0.39 is 0 Å². The lowest BCUT2D eigenvalue weighted by molar-refractivity contribution is -0.117. The minimum atomic E-state index is -0.111. The monoisotopic (exact) mass is 357 g/mol. The summed E-state index contributed by atoms with van der Waals surface area (Å²) in [5.41, 5.74) is 1.26. The van der Waals surface area contributed by atoms with E-state index in [9.17, 15) is 9.59 Å². The van der Waals surface area contributed by atoms with Gasteiger partial charge in [-0.3, -0.25) is 14.5 Å². The van der Waals surface area contributed by atoms with Gasteiger partial charge in [0.05, 0.1) is 6.54 Å². The second kappa shape index (κ2) is 9.17. The number of nitrogens with one attached hydrogen (secondary N) is 2. The van der Waals surface area contributed by atoms with E-state index in [1.54, 1.807) is 18.2 Å². The number of hydrogen-bond acceptors (Lipinski definition) is 3. The van der Waals surface area contributed by atoms with E-state index in [4.69, 9.17) is 0 Å². The first kappa shape index (κ1) is 18.9. The molecule has 1 aromatic carbocycles. The van der Waals surface area contributed by atoms with Crippen molar-refractivity contribution in [3.8, 4) is 0 Å². The Morgan fingerprint density at radius 1 is 1.12 bits per heavy atom. The summed E-state index contributed by atoms with van der Waals surface area (Å²) in [7, 11) is 0. The molecule has 1 aromatic rings. The van der Waals surface area contributed by atoms with Gasteiger partial charge in [0, 0.05) is 30.4 Å². The molecule has 0 radical (unpaired) electrons. The van der Waals surface area contributed by atoms with Crippen LogP contribution in [0.4, 0.5) is 5.69 Å². The Kier molecular flexibility index (Phi) is 6.67. The molecule has 26 heavy (non-hydrogen) atoms. The van der Waals surface area contributed by atoms with Crippen molar-refractivity contribution in [2.75, 3.05) is 25.0 Å². The van der Waals surface area contributed by atoms with Crippen LogP contribution in [0.15, 0.2) is 24.3 Å².